The Balaban J connectivity index is 2.64. The van der Waals surface area contributed by atoms with Crippen LogP contribution in [-0.2, 0) is 0 Å². The molecule has 0 atom stereocenters. The van der Waals surface area contributed by atoms with Gasteiger partial charge in [-0.2, -0.15) is 11.3 Å². The molecule has 0 spiro atoms. The highest BCUT2D eigenvalue weighted by Gasteiger charge is 1.83. The van der Waals surface area contributed by atoms with Crippen molar-refractivity contribution in [3.63, 3.8) is 0 Å². The number of hydrogen-bond acceptors (Lipinski definition) is 2. The van der Waals surface area contributed by atoms with Crippen LogP contribution in [0.5, 0.6) is 0 Å². The van der Waals surface area contributed by atoms with E-state index < -0.39 is 0 Å². The summed E-state index contributed by atoms with van der Waals surface area (Å²) in [7, 11) is 0. The quantitative estimate of drug-likeness (QED) is 0.491. The summed E-state index contributed by atoms with van der Waals surface area (Å²) >= 11 is 1.63. The maximum atomic E-state index is 6.89. The van der Waals surface area contributed by atoms with Crippen molar-refractivity contribution in [2.24, 2.45) is 5.73 Å². The molecule has 1 aromatic rings. The molecule has 0 unspecified atom stereocenters. The molecule has 1 heterocycles. The van der Waals surface area contributed by atoms with E-state index >= 15 is 0 Å². The minimum Gasteiger partial charge on any atom is -0.384 e. The first-order chi connectivity index (χ1) is 4.79. The SMILES string of the molecule is N=C(N)/C=C/c1ccsc1. The standard InChI is InChI=1S/C7H8N2S/c8-7(9)2-1-6-3-4-10-5-6/h1-5H,(H3,8,9)/b2-1+. The summed E-state index contributed by atoms with van der Waals surface area (Å²) in [5.41, 5.74) is 6.21. The van der Waals surface area contributed by atoms with Crippen LogP contribution in [0.3, 0.4) is 0 Å². The average molecular weight is 152 g/mol. The molecule has 0 aliphatic heterocycles. The van der Waals surface area contributed by atoms with Crippen molar-refractivity contribution >= 4 is 23.2 Å². The van der Waals surface area contributed by atoms with Crippen molar-refractivity contribution in [1.82, 2.24) is 0 Å². The minimum absolute atomic E-state index is 0.0891. The smallest absolute Gasteiger partial charge is 0.115 e. The van der Waals surface area contributed by atoms with E-state index in [4.69, 9.17) is 11.1 Å². The van der Waals surface area contributed by atoms with Crippen molar-refractivity contribution < 1.29 is 0 Å². The largest absolute Gasteiger partial charge is 0.384 e. The lowest BCUT2D eigenvalue weighted by Crippen LogP contribution is -2.03. The number of nitrogens with two attached hydrogens (primary N) is 1. The maximum absolute atomic E-state index is 6.89. The minimum atomic E-state index is 0.0891. The number of hydrogen-bond donors (Lipinski definition) is 2. The van der Waals surface area contributed by atoms with Gasteiger partial charge >= 0.3 is 0 Å². The Hall–Kier alpha value is -1.09. The molecule has 0 aliphatic rings. The third-order valence-electron chi connectivity index (χ3n) is 0.999. The van der Waals surface area contributed by atoms with E-state index in [1.807, 2.05) is 22.9 Å². The van der Waals surface area contributed by atoms with Crippen molar-refractivity contribution in [2.75, 3.05) is 0 Å². The Morgan fingerprint density at radius 2 is 2.50 bits per heavy atom. The highest BCUT2D eigenvalue weighted by Crippen LogP contribution is 2.06. The van der Waals surface area contributed by atoms with E-state index in [2.05, 4.69) is 0 Å². The van der Waals surface area contributed by atoms with Gasteiger partial charge in [-0.05, 0) is 28.5 Å². The van der Waals surface area contributed by atoms with Crippen LogP contribution in [0.25, 0.3) is 6.08 Å². The molecule has 3 heteroatoms. The van der Waals surface area contributed by atoms with Gasteiger partial charge in [-0.15, -0.1) is 0 Å². The van der Waals surface area contributed by atoms with Crippen LogP contribution in [0.1, 0.15) is 5.56 Å². The number of nitrogens with one attached hydrogen (secondary N) is 1. The Kier molecular flexibility index (Phi) is 2.23. The van der Waals surface area contributed by atoms with Crippen molar-refractivity contribution in [3.8, 4) is 0 Å². The monoisotopic (exact) mass is 152 g/mol. The predicted octanol–water partition coefficient (Wildman–Crippen LogP) is 1.70. The molecule has 1 rings (SSSR count). The molecule has 52 valence electrons. The van der Waals surface area contributed by atoms with E-state index in [0.29, 0.717) is 0 Å². The van der Waals surface area contributed by atoms with Crippen LogP contribution < -0.4 is 5.73 Å². The van der Waals surface area contributed by atoms with Crippen molar-refractivity contribution in [1.29, 1.82) is 5.41 Å². The summed E-state index contributed by atoms with van der Waals surface area (Å²) < 4.78 is 0. The Morgan fingerprint density at radius 1 is 1.70 bits per heavy atom. The Bertz CT molecular complexity index is 236. The van der Waals surface area contributed by atoms with Crippen LogP contribution in [-0.4, -0.2) is 5.84 Å². The van der Waals surface area contributed by atoms with Crippen LogP contribution in [0, 0.1) is 5.41 Å². The molecule has 10 heavy (non-hydrogen) atoms. The molecule has 0 radical (unpaired) electrons. The van der Waals surface area contributed by atoms with E-state index in [1.54, 1.807) is 17.4 Å². The van der Waals surface area contributed by atoms with Gasteiger partial charge in [0.05, 0.1) is 0 Å². The Labute approximate surface area is 63.5 Å². The topological polar surface area (TPSA) is 49.9 Å². The normalized spacial score (nSPS) is 10.4. The molecular weight excluding hydrogens is 144 g/mol. The first-order valence-corrected chi connectivity index (χ1v) is 3.77. The zero-order valence-corrected chi connectivity index (χ0v) is 6.19. The summed E-state index contributed by atoms with van der Waals surface area (Å²) in [6, 6.07) is 1.98. The number of rotatable bonds is 2. The average Bonchev–Trinajstić information content (AvgIpc) is 2.34. The van der Waals surface area contributed by atoms with Crippen LogP contribution in [0.4, 0.5) is 0 Å². The fourth-order valence-electron chi connectivity index (χ4n) is 0.556. The summed E-state index contributed by atoms with van der Waals surface area (Å²) in [5, 5.41) is 10.9. The highest BCUT2D eigenvalue weighted by molar-refractivity contribution is 7.08. The first-order valence-electron chi connectivity index (χ1n) is 2.83. The van der Waals surface area contributed by atoms with Crippen molar-refractivity contribution in [2.45, 2.75) is 0 Å². The van der Waals surface area contributed by atoms with Gasteiger partial charge in [0.25, 0.3) is 0 Å². The fraction of sp³-hybridized carbons (Fsp3) is 0. The molecule has 0 bridgehead atoms. The van der Waals surface area contributed by atoms with Gasteiger partial charge in [0.1, 0.15) is 5.84 Å². The molecule has 0 saturated heterocycles. The first kappa shape index (κ1) is 7.02. The molecule has 0 fully saturated rings. The summed E-state index contributed by atoms with van der Waals surface area (Å²) in [4.78, 5) is 0. The van der Waals surface area contributed by atoms with Crippen LogP contribution in [0.2, 0.25) is 0 Å². The van der Waals surface area contributed by atoms with Crippen LogP contribution in [0.15, 0.2) is 22.9 Å². The van der Waals surface area contributed by atoms with Gasteiger partial charge < -0.3 is 5.73 Å². The zero-order chi connectivity index (χ0) is 7.40. The molecular formula is C7H8N2S. The van der Waals surface area contributed by atoms with Gasteiger partial charge in [-0.25, -0.2) is 0 Å². The zero-order valence-electron chi connectivity index (χ0n) is 5.37. The molecule has 0 saturated carbocycles. The number of thiophene rings is 1. The number of amidine groups is 1. The molecule has 1 aromatic heterocycles. The third-order valence-corrected chi connectivity index (χ3v) is 1.70. The molecule has 0 aliphatic carbocycles. The Morgan fingerprint density at radius 3 is 3.00 bits per heavy atom. The van der Waals surface area contributed by atoms with E-state index in [1.165, 1.54) is 0 Å². The third kappa shape index (κ3) is 2.03. The predicted molar refractivity (Wildman–Crippen MR) is 45.3 cm³/mol. The second-order valence-electron chi connectivity index (χ2n) is 1.85. The van der Waals surface area contributed by atoms with Gasteiger partial charge in [0.2, 0.25) is 0 Å². The van der Waals surface area contributed by atoms with E-state index in [0.717, 1.165) is 5.56 Å². The van der Waals surface area contributed by atoms with Gasteiger partial charge in [-0.3, -0.25) is 5.41 Å². The molecule has 2 nitrogen and oxygen atoms in total. The lowest BCUT2D eigenvalue weighted by molar-refractivity contribution is 1.47. The van der Waals surface area contributed by atoms with Gasteiger partial charge in [0.15, 0.2) is 0 Å². The summed E-state index contributed by atoms with van der Waals surface area (Å²) in [6.45, 7) is 0. The fourth-order valence-corrected chi connectivity index (χ4v) is 1.18. The lowest BCUT2D eigenvalue weighted by Gasteiger charge is -1.82. The summed E-state index contributed by atoms with van der Waals surface area (Å²) in [6.07, 6.45) is 3.39. The second-order valence-corrected chi connectivity index (χ2v) is 2.63. The van der Waals surface area contributed by atoms with E-state index in [-0.39, 0.29) is 5.84 Å². The highest BCUT2D eigenvalue weighted by atomic mass is 32.1. The van der Waals surface area contributed by atoms with E-state index in [9.17, 15) is 0 Å². The van der Waals surface area contributed by atoms with Gasteiger partial charge in [0, 0.05) is 0 Å². The summed E-state index contributed by atoms with van der Waals surface area (Å²) in [5.74, 6) is 0.0891. The molecule has 0 aromatic carbocycles. The van der Waals surface area contributed by atoms with Crippen LogP contribution >= 0.6 is 11.3 Å². The maximum Gasteiger partial charge on any atom is 0.115 e. The molecule has 3 N–H and O–H groups in total. The molecule has 0 amide bonds. The second kappa shape index (κ2) is 3.17. The van der Waals surface area contributed by atoms with Gasteiger partial charge in [-0.1, -0.05) is 6.08 Å². The lowest BCUT2D eigenvalue weighted by atomic mass is 10.3. The van der Waals surface area contributed by atoms with Crippen molar-refractivity contribution in [3.05, 3.63) is 28.5 Å².